The van der Waals surface area contributed by atoms with Gasteiger partial charge in [-0.15, -0.1) is 0 Å². The third kappa shape index (κ3) is 3.71. The summed E-state index contributed by atoms with van der Waals surface area (Å²) in [6.45, 7) is 4.72. The molecule has 1 saturated carbocycles. The molecule has 0 atom stereocenters. The van der Waals surface area contributed by atoms with E-state index in [1.807, 2.05) is 6.92 Å². The largest absolute Gasteiger partial charge is 0.381 e. The molecule has 3 nitrogen and oxygen atoms in total. The Morgan fingerprint density at radius 3 is 2.39 bits per heavy atom. The lowest BCUT2D eigenvalue weighted by molar-refractivity contribution is -0.135. The second kappa shape index (κ2) is 7.13. The summed E-state index contributed by atoms with van der Waals surface area (Å²) in [6.07, 6.45) is 9.28. The molecule has 1 aliphatic carbocycles. The van der Waals surface area contributed by atoms with E-state index in [0.717, 1.165) is 32.6 Å². The van der Waals surface area contributed by atoms with Crippen LogP contribution in [0.3, 0.4) is 0 Å². The van der Waals surface area contributed by atoms with Crippen LogP contribution in [-0.2, 0) is 9.53 Å². The maximum Gasteiger partial charge on any atom is 0.222 e. The lowest BCUT2D eigenvalue weighted by Crippen LogP contribution is -2.44. The van der Waals surface area contributed by atoms with Crippen LogP contribution in [0.25, 0.3) is 0 Å². The molecule has 2 fully saturated rings. The predicted molar refractivity (Wildman–Crippen MR) is 72.4 cm³/mol. The number of nitrogens with zero attached hydrogens (tertiary/aromatic N) is 1. The lowest BCUT2D eigenvalue weighted by Gasteiger charge is -2.37. The van der Waals surface area contributed by atoms with E-state index >= 15 is 0 Å². The standard InChI is InChI=1S/C15H27NO2/c1-2-15(17)16(14-6-4-3-5-7-14)12-13-8-10-18-11-9-13/h13-14H,2-12H2,1H3. The van der Waals surface area contributed by atoms with Crippen molar-refractivity contribution in [3.63, 3.8) is 0 Å². The Morgan fingerprint density at radius 1 is 1.11 bits per heavy atom. The van der Waals surface area contributed by atoms with Crippen LogP contribution in [0.1, 0.15) is 58.3 Å². The van der Waals surface area contributed by atoms with Gasteiger partial charge >= 0.3 is 0 Å². The minimum Gasteiger partial charge on any atom is -0.381 e. The quantitative estimate of drug-likeness (QED) is 0.771. The van der Waals surface area contributed by atoms with Crippen molar-refractivity contribution in [3.05, 3.63) is 0 Å². The molecule has 0 aromatic carbocycles. The number of rotatable bonds is 4. The molecule has 1 amide bonds. The summed E-state index contributed by atoms with van der Waals surface area (Å²) in [5.41, 5.74) is 0. The van der Waals surface area contributed by atoms with Gasteiger partial charge in [0.05, 0.1) is 0 Å². The second-order valence-corrected chi connectivity index (χ2v) is 5.75. The normalized spacial score (nSPS) is 22.9. The van der Waals surface area contributed by atoms with Gasteiger partial charge in [-0.05, 0) is 31.6 Å². The van der Waals surface area contributed by atoms with Crippen LogP contribution in [0.2, 0.25) is 0 Å². The smallest absolute Gasteiger partial charge is 0.222 e. The lowest BCUT2D eigenvalue weighted by atomic mass is 9.92. The molecule has 0 radical (unpaired) electrons. The summed E-state index contributed by atoms with van der Waals surface area (Å²) in [4.78, 5) is 14.4. The Balaban J connectivity index is 1.92. The van der Waals surface area contributed by atoms with E-state index < -0.39 is 0 Å². The van der Waals surface area contributed by atoms with E-state index in [1.54, 1.807) is 0 Å². The van der Waals surface area contributed by atoms with Crippen molar-refractivity contribution in [3.8, 4) is 0 Å². The van der Waals surface area contributed by atoms with Gasteiger partial charge in [-0.2, -0.15) is 0 Å². The zero-order valence-electron chi connectivity index (χ0n) is 11.7. The van der Waals surface area contributed by atoms with Gasteiger partial charge in [-0.25, -0.2) is 0 Å². The first-order valence-electron chi connectivity index (χ1n) is 7.68. The van der Waals surface area contributed by atoms with Crippen molar-refractivity contribution in [2.24, 2.45) is 5.92 Å². The monoisotopic (exact) mass is 253 g/mol. The van der Waals surface area contributed by atoms with Gasteiger partial charge in [0.25, 0.3) is 0 Å². The average Bonchev–Trinajstić information content (AvgIpc) is 2.46. The van der Waals surface area contributed by atoms with E-state index in [-0.39, 0.29) is 0 Å². The second-order valence-electron chi connectivity index (χ2n) is 5.75. The molecule has 104 valence electrons. The summed E-state index contributed by atoms with van der Waals surface area (Å²) in [5.74, 6) is 1.02. The molecule has 18 heavy (non-hydrogen) atoms. The fourth-order valence-electron chi connectivity index (χ4n) is 3.26. The Kier molecular flexibility index (Phi) is 5.48. The Bertz CT molecular complexity index is 255. The van der Waals surface area contributed by atoms with Crippen LogP contribution < -0.4 is 0 Å². The SMILES string of the molecule is CCC(=O)N(CC1CCOCC1)C1CCCCC1. The van der Waals surface area contributed by atoms with Gasteiger partial charge in [-0.1, -0.05) is 26.2 Å². The molecule has 0 unspecified atom stereocenters. The van der Waals surface area contributed by atoms with Gasteiger partial charge in [0.2, 0.25) is 5.91 Å². The number of carbonyl (C=O) groups excluding carboxylic acids is 1. The van der Waals surface area contributed by atoms with Crippen molar-refractivity contribution < 1.29 is 9.53 Å². The van der Waals surface area contributed by atoms with Crippen LogP contribution >= 0.6 is 0 Å². The first-order valence-corrected chi connectivity index (χ1v) is 7.68. The number of amides is 1. The molecule has 1 heterocycles. The maximum atomic E-state index is 12.2. The van der Waals surface area contributed by atoms with Crippen molar-refractivity contribution >= 4 is 5.91 Å². The molecule has 3 heteroatoms. The highest BCUT2D eigenvalue weighted by Gasteiger charge is 2.27. The maximum absolute atomic E-state index is 12.2. The summed E-state index contributed by atoms with van der Waals surface area (Å²) >= 11 is 0. The Morgan fingerprint density at radius 2 is 1.78 bits per heavy atom. The fraction of sp³-hybridized carbons (Fsp3) is 0.933. The van der Waals surface area contributed by atoms with Crippen LogP contribution in [0, 0.1) is 5.92 Å². The van der Waals surface area contributed by atoms with Crippen molar-refractivity contribution in [1.29, 1.82) is 0 Å². The first-order chi connectivity index (χ1) is 8.81. The van der Waals surface area contributed by atoms with Crippen LogP contribution in [0.15, 0.2) is 0 Å². The highest BCUT2D eigenvalue weighted by atomic mass is 16.5. The Hall–Kier alpha value is -0.570. The van der Waals surface area contributed by atoms with Crippen LogP contribution in [0.5, 0.6) is 0 Å². The molecule has 2 aliphatic rings. The number of hydrogen-bond donors (Lipinski definition) is 0. The summed E-state index contributed by atoms with van der Waals surface area (Å²) in [7, 11) is 0. The molecule has 0 aromatic rings. The average molecular weight is 253 g/mol. The molecular weight excluding hydrogens is 226 g/mol. The molecule has 0 spiro atoms. The summed E-state index contributed by atoms with van der Waals surface area (Å²) in [6, 6.07) is 0.522. The van der Waals surface area contributed by atoms with E-state index in [2.05, 4.69) is 4.90 Å². The number of carbonyl (C=O) groups is 1. The minimum absolute atomic E-state index is 0.355. The van der Waals surface area contributed by atoms with Gasteiger partial charge in [0.15, 0.2) is 0 Å². The first kappa shape index (κ1) is 13.9. The molecule has 0 N–H and O–H groups in total. The Labute approximate surface area is 111 Å². The van der Waals surface area contributed by atoms with E-state index in [0.29, 0.717) is 24.3 Å². The molecule has 2 rings (SSSR count). The third-order valence-electron chi connectivity index (χ3n) is 4.43. The van der Waals surface area contributed by atoms with E-state index in [9.17, 15) is 4.79 Å². The van der Waals surface area contributed by atoms with Gasteiger partial charge in [0, 0.05) is 32.2 Å². The van der Waals surface area contributed by atoms with Crippen molar-refractivity contribution in [2.45, 2.75) is 64.3 Å². The third-order valence-corrected chi connectivity index (χ3v) is 4.43. The molecule has 1 aliphatic heterocycles. The predicted octanol–water partition coefficient (Wildman–Crippen LogP) is 2.98. The topological polar surface area (TPSA) is 29.5 Å². The number of ether oxygens (including phenoxy) is 1. The molecule has 0 aromatic heterocycles. The van der Waals surface area contributed by atoms with E-state index in [4.69, 9.17) is 4.74 Å². The van der Waals surface area contributed by atoms with Gasteiger partial charge in [0.1, 0.15) is 0 Å². The zero-order chi connectivity index (χ0) is 12.8. The van der Waals surface area contributed by atoms with Crippen molar-refractivity contribution in [1.82, 2.24) is 4.90 Å². The number of hydrogen-bond acceptors (Lipinski definition) is 2. The van der Waals surface area contributed by atoms with E-state index in [1.165, 1.54) is 32.1 Å². The van der Waals surface area contributed by atoms with Gasteiger partial charge in [-0.3, -0.25) is 4.79 Å². The van der Waals surface area contributed by atoms with Crippen LogP contribution in [-0.4, -0.2) is 36.6 Å². The minimum atomic E-state index is 0.355. The summed E-state index contributed by atoms with van der Waals surface area (Å²) in [5, 5.41) is 0. The summed E-state index contributed by atoms with van der Waals surface area (Å²) < 4.78 is 5.41. The van der Waals surface area contributed by atoms with Crippen LogP contribution in [0.4, 0.5) is 0 Å². The highest BCUT2D eigenvalue weighted by Crippen LogP contribution is 2.26. The zero-order valence-corrected chi connectivity index (χ0v) is 11.7. The molecule has 0 bridgehead atoms. The van der Waals surface area contributed by atoms with Crippen molar-refractivity contribution in [2.75, 3.05) is 19.8 Å². The molecular formula is C15H27NO2. The fourth-order valence-corrected chi connectivity index (χ4v) is 3.26. The van der Waals surface area contributed by atoms with Gasteiger partial charge < -0.3 is 9.64 Å². The highest BCUT2D eigenvalue weighted by molar-refractivity contribution is 5.76. The molecule has 1 saturated heterocycles.